The number of aryl methyl sites for hydroxylation is 1. The Hall–Kier alpha value is -2.00. The summed E-state index contributed by atoms with van der Waals surface area (Å²) in [5, 5.41) is 3.46. The fraction of sp³-hybridized carbons (Fsp3) is 0.235. The van der Waals surface area contributed by atoms with Crippen molar-refractivity contribution in [1.82, 2.24) is 0 Å². The molecule has 0 atom stereocenters. The quantitative estimate of drug-likeness (QED) is 0.870. The fourth-order valence-corrected chi connectivity index (χ4v) is 2.00. The number of hydrogen-bond acceptors (Lipinski definition) is 2. The Kier molecular flexibility index (Phi) is 5.23. The lowest BCUT2D eigenvalue weighted by molar-refractivity contribution is 0.102. The summed E-state index contributed by atoms with van der Waals surface area (Å²) in [7, 11) is 0. The van der Waals surface area contributed by atoms with Gasteiger partial charge in [-0.15, -0.1) is 0 Å². The van der Waals surface area contributed by atoms with E-state index in [9.17, 15) is 4.79 Å². The number of hydrogen-bond donors (Lipinski definition) is 1. The van der Waals surface area contributed by atoms with Crippen LogP contribution in [0.4, 0.5) is 5.69 Å². The van der Waals surface area contributed by atoms with Crippen LogP contribution in [0.1, 0.15) is 29.3 Å². The molecule has 2 rings (SSSR count). The molecule has 0 aliphatic heterocycles. The molecule has 2 aromatic carbocycles. The number of amides is 1. The van der Waals surface area contributed by atoms with Crippen molar-refractivity contribution < 1.29 is 9.53 Å². The lowest BCUT2D eigenvalue weighted by Crippen LogP contribution is -2.12. The number of rotatable bonds is 5. The molecule has 0 radical (unpaired) electrons. The van der Waals surface area contributed by atoms with Gasteiger partial charge in [-0.05, 0) is 49.2 Å². The first-order valence-corrected chi connectivity index (χ1v) is 7.28. The van der Waals surface area contributed by atoms with Crippen molar-refractivity contribution in [2.75, 3.05) is 11.9 Å². The highest BCUT2D eigenvalue weighted by atomic mass is 35.5. The number of ether oxygens (including phenoxy) is 1. The fourth-order valence-electron chi connectivity index (χ4n) is 1.82. The second-order valence-corrected chi connectivity index (χ2v) is 5.20. The molecular weight excluding hydrogens is 286 g/mol. The summed E-state index contributed by atoms with van der Waals surface area (Å²) in [6, 6.07) is 12.6. The van der Waals surface area contributed by atoms with Crippen LogP contribution in [0.25, 0.3) is 0 Å². The molecule has 3 nitrogen and oxygen atoms in total. The van der Waals surface area contributed by atoms with Crippen LogP contribution in [-0.4, -0.2) is 12.5 Å². The molecule has 0 fully saturated rings. The van der Waals surface area contributed by atoms with Gasteiger partial charge in [0.05, 0.1) is 6.61 Å². The molecule has 0 aromatic heterocycles. The Morgan fingerprint density at radius 1 is 1.24 bits per heavy atom. The van der Waals surface area contributed by atoms with E-state index < -0.39 is 0 Å². The van der Waals surface area contributed by atoms with Gasteiger partial charge in [-0.2, -0.15) is 0 Å². The lowest BCUT2D eigenvalue weighted by atomic mass is 10.2. The minimum Gasteiger partial charge on any atom is -0.494 e. The highest BCUT2D eigenvalue weighted by molar-refractivity contribution is 6.31. The van der Waals surface area contributed by atoms with Crippen LogP contribution < -0.4 is 10.1 Å². The van der Waals surface area contributed by atoms with Gasteiger partial charge in [0.1, 0.15) is 5.75 Å². The van der Waals surface area contributed by atoms with Crippen molar-refractivity contribution in [1.29, 1.82) is 0 Å². The molecule has 4 heteroatoms. The maximum Gasteiger partial charge on any atom is 0.255 e. The van der Waals surface area contributed by atoms with Crippen molar-refractivity contribution >= 4 is 23.2 Å². The predicted molar refractivity (Wildman–Crippen MR) is 86.4 cm³/mol. The van der Waals surface area contributed by atoms with E-state index in [2.05, 4.69) is 5.32 Å². The largest absolute Gasteiger partial charge is 0.494 e. The third kappa shape index (κ3) is 4.23. The van der Waals surface area contributed by atoms with Crippen LogP contribution in [-0.2, 0) is 0 Å². The average Bonchev–Trinajstić information content (AvgIpc) is 2.49. The minimum atomic E-state index is -0.183. The normalized spacial score (nSPS) is 10.2. The standard InChI is InChI=1S/C17H18ClNO2/c1-3-9-21-15-6-4-5-13(10-15)17(20)19-14-8-7-12(2)16(18)11-14/h4-8,10-11H,3,9H2,1-2H3,(H,19,20). The van der Waals surface area contributed by atoms with E-state index in [0.717, 1.165) is 12.0 Å². The van der Waals surface area contributed by atoms with Crippen molar-refractivity contribution in [2.24, 2.45) is 0 Å². The van der Waals surface area contributed by atoms with E-state index >= 15 is 0 Å². The zero-order chi connectivity index (χ0) is 15.2. The molecule has 0 spiro atoms. The summed E-state index contributed by atoms with van der Waals surface area (Å²) in [5.41, 5.74) is 2.21. The SMILES string of the molecule is CCCOc1cccc(C(=O)Nc2ccc(C)c(Cl)c2)c1. The van der Waals surface area contributed by atoms with Gasteiger partial charge in [-0.1, -0.05) is 30.7 Å². The Labute approximate surface area is 129 Å². The van der Waals surface area contributed by atoms with Crippen LogP contribution in [0.2, 0.25) is 5.02 Å². The molecule has 110 valence electrons. The van der Waals surface area contributed by atoms with Gasteiger partial charge in [-0.25, -0.2) is 0 Å². The predicted octanol–water partition coefficient (Wildman–Crippen LogP) is 4.69. The third-order valence-electron chi connectivity index (χ3n) is 3.00. The molecule has 0 aliphatic carbocycles. The second kappa shape index (κ2) is 7.14. The molecule has 0 unspecified atom stereocenters. The summed E-state index contributed by atoms with van der Waals surface area (Å²) in [6.45, 7) is 4.60. The molecule has 1 N–H and O–H groups in total. The maximum absolute atomic E-state index is 12.2. The first kappa shape index (κ1) is 15.4. The number of benzene rings is 2. The molecular formula is C17H18ClNO2. The van der Waals surface area contributed by atoms with E-state index in [1.54, 1.807) is 18.2 Å². The van der Waals surface area contributed by atoms with Gasteiger partial charge in [0.2, 0.25) is 0 Å². The van der Waals surface area contributed by atoms with Crippen molar-refractivity contribution in [3.05, 3.63) is 58.6 Å². The molecule has 0 heterocycles. The van der Waals surface area contributed by atoms with Crippen LogP contribution in [0.15, 0.2) is 42.5 Å². The molecule has 21 heavy (non-hydrogen) atoms. The molecule has 0 aliphatic rings. The molecule has 2 aromatic rings. The Bertz CT molecular complexity index is 640. The van der Waals surface area contributed by atoms with Gasteiger partial charge in [0.15, 0.2) is 0 Å². The summed E-state index contributed by atoms with van der Waals surface area (Å²) in [6.07, 6.45) is 0.929. The zero-order valence-corrected chi connectivity index (χ0v) is 12.9. The van der Waals surface area contributed by atoms with E-state index in [-0.39, 0.29) is 5.91 Å². The monoisotopic (exact) mass is 303 g/mol. The first-order chi connectivity index (χ1) is 10.1. The smallest absolute Gasteiger partial charge is 0.255 e. The van der Waals surface area contributed by atoms with Gasteiger partial charge in [0.25, 0.3) is 5.91 Å². The Morgan fingerprint density at radius 2 is 2.05 bits per heavy atom. The van der Waals surface area contributed by atoms with Gasteiger partial charge in [0, 0.05) is 16.3 Å². The number of carbonyl (C=O) groups is 1. The maximum atomic E-state index is 12.2. The van der Waals surface area contributed by atoms with E-state index in [1.807, 2.05) is 38.1 Å². The molecule has 1 amide bonds. The first-order valence-electron chi connectivity index (χ1n) is 6.90. The van der Waals surface area contributed by atoms with E-state index in [4.69, 9.17) is 16.3 Å². The Balaban J connectivity index is 2.10. The number of nitrogens with one attached hydrogen (secondary N) is 1. The number of anilines is 1. The molecule has 0 saturated carbocycles. The van der Waals surface area contributed by atoms with E-state index in [1.165, 1.54) is 0 Å². The zero-order valence-electron chi connectivity index (χ0n) is 12.2. The number of halogens is 1. The topological polar surface area (TPSA) is 38.3 Å². The van der Waals surface area contributed by atoms with Crippen molar-refractivity contribution in [3.63, 3.8) is 0 Å². The Morgan fingerprint density at radius 3 is 2.76 bits per heavy atom. The summed E-state index contributed by atoms with van der Waals surface area (Å²) >= 11 is 6.05. The van der Waals surface area contributed by atoms with E-state index in [0.29, 0.717) is 28.6 Å². The molecule has 0 saturated heterocycles. The van der Waals surface area contributed by atoms with Gasteiger partial charge in [-0.3, -0.25) is 4.79 Å². The van der Waals surface area contributed by atoms with Crippen LogP contribution in [0.3, 0.4) is 0 Å². The van der Waals surface area contributed by atoms with Gasteiger partial charge < -0.3 is 10.1 Å². The summed E-state index contributed by atoms with van der Waals surface area (Å²) in [5.74, 6) is 0.517. The van der Waals surface area contributed by atoms with Crippen molar-refractivity contribution in [3.8, 4) is 5.75 Å². The summed E-state index contributed by atoms with van der Waals surface area (Å²) < 4.78 is 5.53. The van der Waals surface area contributed by atoms with Crippen LogP contribution >= 0.6 is 11.6 Å². The lowest BCUT2D eigenvalue weighted by Gasteiger charge is -2.09. The van der Waals surface area contributed by atoms with Crippen LogP contribution in [0.5, 0.6) is 5.75 Å². The average molecular weight is 304 g/mol. The third-order valence-corrected chi connectivity index (χ3v) is 3.41. The minimum absolute atomic E-state index is 0.183. The second-order valence-electron chi connectivity index (χ2n) is 4.79. The summed E-state index contributed by atoms with van der Waals surface area (Å²) in [4.78, 5) is 12.2. The molecule has 0 bridgehead atoms. The van der Waals surface area contributed by atoms with Crippen LogP contribution in [0, 0.1) is 6.92 Å². The highest BCUT2D eigenvalue weighted by Gasteiger charge is 2.08. The number of carbonyl (C=O) groups excluding carboxylic acids is 1. The van der Waals surface area contributed by atoms with Gasteiger partial charge >= 0.3 is 0 Å². The van der Waals surface area contributed by atoms with Crippen molar-refractivity contribution in [2.45, 2.75) is 20.3 Å². The highest BCUT2D eigenvalue weighted by Crippen LogP contribution is 2.21.